The summed E-state index contributed by atoms with van der Waals surface area (Å²) >= 11 is 0. The Bertz CT molecular complexity index is 900. The summed E-state index contributed by atoms with van der Waals surface area (Å²) in [6.07, 6.45) is 0. The number of hydrogen-bond acceptors (Lipinski definition) is 5. The molecule has 134 valence electrons. The van der Waals surface area contributed by atoms with Gasteiger partial charge in [-0.1, -0.05) is 35.5 Å². The van der Waals surface area contributed by atoms with Crippen molar-refractivity contribution in [3.05, 3.63) is 82.5 Å². The number of rotatable bonds is 6. The van der Waals surface area contributed by atoms with Crippen molar-refractivity contribution in [3.8, 4) is 5.75 Å². The van der Waals surface area contributed by atoms with Crippen molar-refractivity contribution in [1.29, 1.82) is 0 Å². The molecular formula is C20H18FNO4. The zero-order valence-corrected chi connectivity index (χ0v) is 14.5. The molecule has 1 heterocycles. The first kappa shape index (κ1) is 17.7. The van der Waals surface area contributed by atoms with Crippen LogP contribution in [-0.4, -0.2) is 11.1 Å². The Kier molecular flexibility index (Phi) is 5.31. The Morgan fingerprint density at radius 2 is 1.81 bits per heavy atom. The highest BCUT2D eigenvalue weighted by Gasteiger charge is 2.16. The van der Waals surface area contributed by atoms with Crippen LogP contribution in [-0.2, 0) is 18.0 Å². The average Bonchev–Trinajstić information content (AvgIpc) is 2.97. The Morgan fingerprint density at radius 3 is 2.54 bits per heavy atom. The minimum atomic E-state index is -0.581. The zero-order chi connectivity index (χ0) is 18.5. The van der Waals surface area contributed by atoms with Gasteiger partial charge in [0.2, 0.25) is 0 Å². The molecule has 0 saturated heterocycles. The van der Waals surface area contributed by atoms with Gasteiger partial charge in [-0.2, -0.15) is 0 Å². The van der Waals surface area contributed by atoms with Crippen LogP contribution in [0.3, 0.4) is 0 Å². The van der Waals surface area contributed by atoms with E-state index in [-0.39, 0.29) is 18.8 Å². The third kappa shape index (κ3) is 3.91. The quantitative estimate of drug-likeness (QED) is 0.615. The summed E-state index contributed by atoms with van der Waals surface area (Å²) in [5, 5.41) is 3.88. The van der Waals surface area contributed by atoms with E-state index >= 15 is 0 Å². The lowest BCUT2D eigenvalue weighted by molar-refractivity contribution is 0.0464. The number of halogens is 1. The van der Waals surface area contributed by atoms with E-state index in [0.29, 0.717) is 17.1 Å². The molecule has 6 heteroatoms. The third-order valence-electron chi connectivity index (χ3n) is 3.98. The summed E-state index contributed by atoms with van der Waals surface area (Å²) in [6, 6.07) is 12.9. The molecule has 3 rings (SSSR count). The van der Waals surface area contributed by atoms with Crippen molar-refractivity contribution in [2.24, 2.45) is 0 Å². The standard InChI is InChI=1S/C20H18FNO4/c1-13-17(14(2)26-22-13)12-24-19-10-6-4-8-16(19)20(23)25-11-15-7-3-5-9-18(15)21/h3-10H,11-12H2,1-2H3. The van der Waals surface area contributed by atoms with Gasteiger partial charge in [-0.25, -0.2) is 9.18 Å². The summed E-state index contributed by atoms with van der Waals surface area (Å²) in [6.45, 7) is 3.69. The maximum absolute atomic E-state index is 13.6. The third-order valence-corrected chi connectivity index (χ3v) is 3.98. The van der Waals surface area contributed by atoms with Gasteiger partial charge in [-0.15, -0.1) is 0 Å². The second-order valence-electron chi connectivity index (χ2n) is 5.76. The lowest BCUT2D eigenvalue weighted by Crippen LogP contribution is -2.09. The van der Waals surface area contributed by atoms with Crippen LogP contribution in [0.15, 0.2) is 53.1 Å². The van der Waals surface area contributed by atoms with E-state index in [1.165, 1.54) is 6.07 Å². The number of carbonyl (C=O) groups is 1. The van der Waals surface area contributed by atoms with E-state index < -0.39 is 11.8 Å². The van der Waals surface area contributed by atoms with Gasteiger partial charge < -0.3 is 14.0 Å². The molecule has 0 aliphatic rings. The molecule has 5 nitrogen and oxygen atoms in total. The van der Waals surface area contributed by atoms with Crippen molar-refractivity contribution >= 4 is 5.97 Å². The molecule has 0 atom stereocenters. The number of para-hydroxylation sites is 1. The van der Waals surface area contributed by atoms with E-state index in [2.05, 4.69) is 5.16 Å². The molecule has 0 bridgehead atoms. The van der Waals surface area contributed by atoms with Gasteiger partial charge in [0.15, 0.2) is 0 Å². The number of benzene rings is 2. The van der Waals surface area contributed by atoms with Crippen molar-refractivity contribution in [2.45, 2.75) is 27.1 Å². The number of hydrogen-bond donors (Lipinski definition) is 0. The first-order chi connectivity index (χ1) is 12.6. The number of esters is 1. The maximum Gasteiger partial charge on any atom is 0.342 e. The normalized spacial score (nSPS) is 10.6. The molecular weight excluding hydrogens is 337 g/mol. The number of aromatic nitrogens is 1. The van der Waals surface area contributed by atoms with E-state index in [9.17, 15) is 9.18 Å². The van der Waals surface area contributed by atoms with Crippen molar-refractivity contribution in [2.75, 3.05) is 0 Å². The van der Waals surface area contributed by atoms with Crippen LogP contribution in [0.2, 0.25) is 0 Å². The fourth-order valence-corrected chi connectivity index (χ4v) is 2.46. The fraction of sp³-hybridized carbons (Fsp3) is 0.200. The topological polar surface area (TPSA) is 61.6 Å². The number of nitrogens with zero attached hydrogens (tertiary/aromatic N) is 1. The van der Waals surface area contributed by atoms with Crippen LogP contribution >= 0.6 is 0 Å². The lowest BCUT2D eigenvalue weighted by Gasteiger charge is -2.11. The molecule has 0 unspecified atom stereocenters. The van der Waals surface area contributed by atoms with Crippen LogP contribution in [0.25, 0.3) is 0 Å². The lowest BCUT2D eigenvalue weighted by atomic mass is 10.2. The highest BCUT2D eigenvalue weighted by Crippen LogP contribution is 2.22. The first-order valence-electron chi connectivity index (χ1n) is 8.10. The van der Waals surface area contributed by atoms with Gasteiger partial charge in [0.1, 0.15) is 36.1 Å². The molecule has 26 heavy (non-hydrogen) atoms. The van der Waals surface area contributed by atoms with Gasteiger partial charge in [0.05, 0.1) is 11.3 Å². The van der Waals surface area contributed by atoms with Gasteiger partial charge in [-0.3, -0.25) is 0 Å². The smallest absolute Gasteiger partial charge is 0.342 e. The van der Waals surface area contributed by atoms with Crippen LogP contribution in [0.4, 0.5) is 4.39 Å². The van der Waals surface area contributed by atoms with Gasteiger partial charge in [0.25, 0.3) is 0 Å². The minimum absolute atomic E-state index is 0.149. The molecule has 3 aromatic rings. The first-order valence-corrected chi connectivity index (χ1v) is 8.10. The molecule has 0 radical (unpaired) electrons. The van der Waals surface area contributed by atoms with Crippen LogP contribution < -0.4 is 4.74 Å². The van der Waals surface area contributed by atoms with Crippen LogP contribution in [0, 0.1) is 19.7 Å². The molecule has 2 aromatic carbocycles. The molecule has 0 amide bonds. The van der Waals surface area contributed by atoms with E-state index in [0.717, 1.165) is 11.3 Å². The molecule has 0 spiro atoms. The van der Waals surface area contributed by atoms with Crippen LogP contribution in [0.1, 0.15) is 32.9 Å². The summed E-state index contributed by atoms with van der Waals surface area (Å²) in [5.74, 6) is 0.0546. The van der Waals surface area contributed by atoms with Crippen LogP contribution in [0.5, 0.6) is 5.75 Å². The van der Waals surface area contributed by atoms with E-state index in [1.54, 1.807) is 49.4 Å². The van der Waals surface area contributed by atoms with Gasteiger partial charge in [0, 0.05) is 5.56 Å². The van der Waals surface area contributed by atoms with Crippen molar-refractivity contribution < 1.29 is 23.2 Å². The largest absolute Gasteiger partial charge is 0.488 e. The second kappa shape index (κ2) is 7.82. The molecule has 0 aliphatic carbocycles. The van der Waals surface area contributed by atoms with Crippen molar-refractivity contribution in [1.82, 2.24) is 5.16 Å². The Labute approximate surface area is 150 Å². The maximum atomic E-state index is 13.6. The Morgan fingerprint density at radius 1 is 1.08 bits per heavy atom. The predicted molar refractivity (Wildman–Crippen MR) is 92.3 cm³/mol. The molecule has 0 N–H and O–H groups in total. The minimum Gasteiger partial charge on any atom is -0.488 e. The monoisotopic (exact) mass is 355 g/mol. The number of ether oxygens (including phenoxy) is 2. The fourth-order valence-electron chi connectivity index (χ4n) is 2.46. The average molecular weight is 355 g/mol. The summed E-state index contributed by atoms with van der Waals surface area (Å²) < 4.78 is 29.7. The highest BCUT2D eigenvalue weighted by molar-refractivity contribution is 5.92. The van der Waals surface area contributed by atoms with E-state index in [1.807, 2.05) is 6.92 Å². The molecule has 0 aliphatic heterocycles. The number of carbonyl (C=O) groups excluding carboxylic acids is 1. The highest BCUT2D eigenvalue weighted by atomic mass is 19.1. The molecule has 0 saturated carbocycles. The summed E-state index contributed by atoms with van der Waals surface area (Å²) in [4.78, 5) is 12.4. The van der Waals surface area contributed by atoms with E-state index in [4.69, 9.17) is 14.0 Å². The Balaban J connectivity index is 1.70. The van der Waals surface area contributed by atoms with Gasteiger partial charge >= 0.3 is 5.97 Å². The predicted octanol–water partition coefficient (Wildman–Crippen LogP) is 4.37. The zero-order valence-electron chi connectivity index (χ0n) is 14.5. The van der Waals surface area contributed by atoms with Gasteiger partial charge in [-0.05, 0) is 32.0 Å². The number of aryl methyl sites for hydroxylation is 2. The van der Waals surface area contributed by atoms with Crippen molar-refractivity contribution in [3.63, 3.8) is 0 Å². The Hall–Kier alpha value is -3.15. The molecule has 0 fully saturated rings. The second-order valence-corrected chi connectivity index (χ2v) is 5.76. The summed E-state index contributed by atoms with van der Waals surface area (Å²) in [5.41, 5.74) is 2.16. The molecule has 1 aromatic heterocycles. The summed E-state index contributed by atoms with van der Waals surface area (Å²) in [7, 11) is 0. The SMILES string of the molecule is Cc1noc(C)c1COc1ccccc1C(=O)OCc1ccccc1F.